The third-order valence-electron chi connectivity index (χ3n) is 3.17. The highest BCUT2D eigenvalue weighted by Crippen LogP contribution is 2.22. The van der Waals surface area contributed by atoms with Crippen LogP contribution in [0.1, 0.15) is 53.9 Å². The third kappa shape index (κ3) is 4.29. The van der Waals surface area contributed by atoms with E-state index in [4.69, 9.17) is 0 Å². The lowest BCUT2D eigenvalue weighted by molar-refractivity contribution is 0.588. The monoisotopic (exact) mass is 232 g/mol. The maximum absolute atomic E-state index is 4.60. The summed E-state index contributed by atoms with van der Waals surface area (Å²) in [7, 11) is 0. The van der Waals surface area contributed by atoms with Gasteiger partial charge in [0.2, 0.25) is 0 Å². The number of aliphatic imine (C=N–C) groups is 2. The Labute approximate surface area is 105 Å². The number of hydrogen-bond donors (Lipinski definition) is 0. The topological polar surface area (TPSA) is 24.7 Å². The average Bonchev–Trinajstić information content (AvgIpc) is 2.29. The standard InChI is InChI=1S/C15H24N2/c1-6-13(14-8-7-9-16-10-14)11-17-12(2)15(3,4)5/h9-11H,6-8H2,1-5H3/b13-11+,17-12?. The molecule has 0 aromatic rings. The molecule has 0 bridgehead atoms. The predicted molar refractivity (Wildman–Crippen MR) is 76.7 cm³/mol. The molecule has 0 fully saturated rings. The minimum absolute atomic E-state index is 0.147. The first kappa shape index (κ1) is 13.9. The molecule has 1 heterocycles. The molecule has 0 N–H and O–H groups in total. The van der Waals surface area contributed by atoms with E-state index >= 15 is 0 Å². The van der Waals surface area contributed by atoms with Crippen molar-refractivity contribution in [3.63, 3.8) is 0 Å². The Balaban J connectivity index is 2.88. The summed E-state index contributed by atoms with van der Waals surface area (Å²) in [6, 6.07) is 0. The molecule has 0 aromatic carbocycles. The van der Waals surface area contributed by atoms with Crippen LogP contribution in [0.3, 0.4) is 0 Å². The molecule has 0 radical (unpaired) electrons. The molecule has 0 unspecified atom stereocenters. The first-order valence-electron chi connectivity index (χ1n) is 6.40. The highest BCUT2D eigenvalue weighted by atomic mass is 14.7. The van der Waals surface area contributed by atoms with Crippen LogP contribution in [0.5, 0.6) is 0 Å². The van der Waals surface area contributed by atoms with E-state index in [2.05, 4.69) is 44.6 Å². The molecule has 0 saturated carbocycles. The van der Waals surface area contributed by atoms with Crippen LogP contribution in [0.15, 0.2) is 33.5 Å². The van der Waals surface area contributed by atoms with E-state index in [0.29, 0.717) is 0 Å². The summed E-state index contributed by atoms with van der Waals surface area (Å²) in [5.74, 6) is 0. The second-order valence-corrected chi connectivity index (χ2v) is 5.50. The van der Waals surface area contributed by atoms with Crippen LogP contribution in [0.25, 0.3) is 0 Å². The lowest BCUT2D eigenvalue weighted by atomic mass is 9.91. The first-order chi connectivity index (χ1) is 7.95. The van der Waals surface area contributed by atoms with Crippen LogP contribution < -0.4 is 0 Å². The van der Waals surface area contributed by atoms with Crippen molar-refractivity contribution in [2.45, 2.75) is 53.9 Å². The molecule has 2 nitrogen and oxygen atoms in total. The number of nitrogens with zero attached hydrogens (tertiary/aromatic N) is 2. The van der Waals surface area contributed by atoms with Crippen molar-refractivity contribution in [1.29, 1.82) is 0 Å². The fraction of sp³-hybridized carbons (Fsp3) is 0.600. The van der Waals surface area contributed by atoms with Crippen LogP contribution in [-0.2, 0) is 0 Å². The van der Waals surface area contributed by atoms with Crippen LogP contribution >= 0.6 is 0 Å². The Morgan fingerprint density at radius 2 is 2.18 bits per heavy atom. The normalized spacial score (nSPS) is 18.3. The van der Waals surface area contributed by atoms with E-state index in [9.17, 15) is 0 Å². The molecule has 2 heteroatoms. The average molecular weight is 232 g/mol. The Bertz CT molecular complexity index is 376. The maximum atomic E-state index is 4.60. The van der Waals surface area contributed by atoms with Gasteiger partial charge in [0.05, 0.1) is 0 Å². The molecule has 94 valence electrons. The predicted octanol–water partition coefficient (Wildman–Crippen LogP) is 4.54. The van der Waals surface area contributed by atoms with Crippen LogP contribution in [0.4, 0.5) is 0 Å². The van der Waals surface area contributed by atoms with E-state index < -0.39 is 0 Å². The molecule has 0 saturated heterocycles. The number of hydrogen-bond acceptors (Lipinski definition) is 2. The summed E-state index contributed by atoms with van der Waals surface area (Å²) in [6.45, 7) is 10.8. The molecule has 0 aliphatic carbocycles. The second-order valence-electron chi connectivity index (χ2n) is 5.50. The minimum Gasteiger partial charge on any atom is -0.269 e. The Hall–Kier alpha value is -1.18. The van der Waals surface area contributed by atoms with Crippen LogP contribution in [0.2, 0.25) is 0 Å². The summed E-state index contributed by atoms with van der Waals surface area (Å²) in [6.07, 6.45) is 9.12. The smallest absolute Gasteiger partial charge is 0.0302 e. The minimum atomic E-state index is 0.147. The Morgan fingerprint density at radius 1 is 1.47 bits per heavy atom. The van der Waals surface area contributed by atoms with Gasteiger partial charge in [0.25, 0.3) is 0 Å². The van der Waals surface area contributed by atoms with Gasteiger partial charge in [-0.25, -0.2) is 0 Å². The first-order valence-corrected chi connectivity index (χ1v) is 6.40. The Morgan fingerprint density at radius 3 is 2.65 bits per heavy atom. The fourth-order valence-electron chi connectivity index (χ4n) is 1.51. The molecule has 0 amide bonds. The lowest BCUT2D eigenvalue weighted by Gasteiger charge is -2.17. The maximum Gasteiger partial charge on any atom is 0.0302 e. The molecule has 1 rings (SSSR count). The van der Waals surface area contributed by atoms with E-state index in [-0.39, 0.29) is 5.41 Å². The number of rotatable bonds is 3. The second kappa shape index (κ2) is 5.95. The van der Waals surface area contributed by atoms with Crippen molar-refractivity contribution in [1.82, 2.24) is 0 Å². The summed E-state index contributed by atoms with van der Waals surface area (Å²) in [5.41, 5.74) is 3.96. The van der Waals surface area contributed by atoms with Gasteiger partial charge in [0.1, 0.15) is 0 Å². The highest BCUT2D eigenvalue weighted by molar-refractivity contribution is 5.87. The molecule has 0 aromatic heterocycles. The summed E-state index contributed by atoms with van der Waals surface area (Å²) < 4.78 is 0. The zero-order chi connectivity index (χ0) is 12.9. The fourth-order valence-corrected chi connectivity index (χ4v) is 1.51. The van der Waals surface area contributed by atoms with E-state index in [1.165, 1.54) is 16.9 Å². The largest absolute Gasteiger partial charge is 0.269 e. The highest BCUT2D eigenvalue weighted by Gasteiger charge is 2.13. The van der Waals surface area contributed by atoms with E-state index in [1.54, 1.807) is 0 Å². The van der Waals surface area contributed by atoms with Crippen molar-refractivity contribution in [2.24, 2.45) is 15.4 Å². The summed E-state index contributed by atoms with van der Waals surface area (Å²) >= 11 is 0. The van der Waals surface area contributed by atoms with Gasteiger partial charge in [-0.2, -0.15) is 0 Å². The van der Waals surface area contributed by atoms with Crippen molar-refractivity contribution in [3.8, 4) is 0 Å². The lowest BCUT2D eigenvalue weighted by Crippen LogP contribution is -2.16. The number of allylic oxidation sites excluding steroid dienone is 2. The zero-order valence-corrected chi connectivity index (χ0v) is 11.7. The zero-order valence-electron chi connectivity index (χ0n) is 11.7. The van der Waals surface area contributed by atoms with Crippen molar-refractivity contribution in [3.05, 3.63) is 23.5 Å². The van der Waals surface area contributed by atoms with Crippen molar-refractivity contribution < 1.29 is 0 Å². The molecular weight excluding hydrogens is 208 g/mol. The molecule has 0 spiro atoms. The van der Waals surface area contributed by atoms with Gasteiger partial charge in [0, 0.05) is 24.3 Å². The molecule has 0 atom stereocenters. The van der Waals surface area contributed by atoms with Gasteiger partial charge in [-0.15, -0.1) is 0 Å². The summed E-state index contributed by atoms with van der Waals surface area (Å²) in [4.78, 5) is 8.83. The van der Waals surface area contributed by atoms with Crippen molar-refractivity contribution >= 4 is 11.9 Å². The quantitative estimate of drug-likeness (QED) is 0.638. The van der Waals surface area contributed by atoms with Gasteiger partial charge in [0.15, 0.2) is 0 Å². The molecular formula is C15H24N2. The van der Waals surface area contributed by atoms with Crippen LogP contribution in [-0.4, -0.2) is 11.9 Å². The van der Waals surface area contributed by atoms with Gasteiger partial charge < -0.3 is 0 Å². The van der Waals surface area contributed by atoms with Gasteiger partial charge in [-0.05, 0) is 42.7 Å². The molecule has 17 heavy (non-hydrogen) atoms. The van der Waals surface area contributed by atoms with Gasteiger partial charge >= 0.3 is 0 Å². The van der Waals surface area contributed by atoms with Gasteiger partial charge in [-0.1, -0.05) is 27.7 Å². The third-order valence-corrected chi connectivity index (χ3v) is 3.17. The molecule has 1 aliphatic heterocycles. The summed E-state index contributed by atoms with van der Waals surface area (Å²) in [5, 5.41) is 0. The molecule has 1 aliphatic rings. The van der Waals surface area contributed by atoms with E-state index in [0.717, 1.165) is 19.3 Å². The van der Waals surface area contributed by atoms with E-state index in [1.807, 2.05) is 18.6 Å². The SMILES string of the molecule is CC/C(=C\N=C(C)C(C)(C)C)C1=CN=CCC1. The van der Waals surface area contributed by atoms with Crippen molar-refractivity contribution in [2.75, 3.05) is 0 Å². The van der Waals surface area contributed by atoms with Gasteiger partial charge in [-0.3, -0.25) is 9.98 Å². The Kier molecular flexibility index (Phi) is 4.86. The van der Waals surface area contributed by atoms with Crippen LogP contribution in [0, 0.1) is 5.41 Å².